The van der Waals surface area contributed by atoms with Crippen molar-refractivity contribution in [3.8, 4) is 0 Å². The summed E-state index contributed by atoms with van der Waals surface area (Å²) in [6.45, 7) is 8.37. The largest absolute Gasteiger partial charge is 0.466 e. The Bertz CT molecular complexity index is 618. The molecule has 7 nitrogen and oxygen atoms in total. The van der Waals surface area contributed by atoms with Crippen molar-refractivity contribution in [2.45, 2.75) is 65.5 Å². The predicted octanol–water partition coefficient (Wildman–Crippen LogP) is 1.89. The molecule has 29 heavy (non-hydrogen) atoms. The topological polar surface area (TPSA) is 95.9 Å². The Hall–Kier alpha value is -1.89. The van der Waals surface area contributed by atoms with Crippen LogP contribution in [0.15, 0.2) is 12.2 Å². The van der Waals surface area contributed by atoms with Gasteiger partial charge in [0.25, 0.3) is 0 Å². The first-order valence-corrected chi connectivity index (χ1v) is 10.9. The normalized spacial score (nSPS) is 28.6. The molecule has 1 aliphatic heterocycles. The molecule has 2 N–H and O–H groups in total. The summed E-state index contributed by atoms with van der Waals surface area (Å²) in [4.78, 5) is 40.9. The van der Waals surface area contributed by atoms with Crippen LogP contribution in [0, 0.1) is 23.7 Å². The van der Waals surface area contributed by atoms with Gasteiger partial charge in [-0.05, 0) is 52.4 Å². The molecule has 1 aliphatic carbocycles. The Morgan fingerprint density at radius 3 is 2.52 bits per heavy atom. The number of esters is 1. The number of nitrogens with zero attached hydrogens (tertiary/aromatic N) is 1. The van der Waals surface area contributed by atoms with Crippen LogP contribution in [0.5, 0.6) is 0 Å². The van der Waals surface area contributed by atoms with Crippen LogP contribution in [-0.4, -0.2) is 59.6 Å². The van der Waals surface area contributed by atoms with Crippen LogP contribution < -0.4 is 5.32 Å². The predicted molar refractivity (Wildman–Crippen MR) is 110 cm³/mol. The van der Waals surface area contributed by atoms with Gasteiger partial charge in [0.2, 0.25) is 11.8 Å². The van der Waals surface area contributed by atoms with Gasteiger partial charge >= 0.3 is 5.97 Å². The van der Waals surface area contributed by atoms with E-state index < -0.39 is 17.9 Å². The molecule has 2 aliphatic rings. The summed E-state index contributed by atoms with van der Waals surface area (Å²) in [5, 5.41) is 12.0. The second kappa shape index (κ2) is 10.8. The van der Waals surface area contributed by atoms with E-state index in [0.29, 0.717) is 19.4 Å². The van der Waals surface area contributed by atoms with E-state index in [9.17, 15) is 14.4 Å². The number of carbonyl (C=O) groups is 3. The molecule has 0 unspecified atom stereocenters. The number of rotatable bonds is 10. The van der Waals surface area contributed by atoms with Gasteiger partial charge in [0.1, 0.15) is 6.04 Å². The number of hydrogen-bond acceptors (Lipinski definition) is 5. The first-order valence-electron chi connectivity index (χ1n) is 10.9. The van der Waals surface area contributed by atoms with Gasteiger partial charge in [0.15, 0.2) is 0 Å². The Morgan fingerprint density at radius 1 is 1.21 bits per heavy atom. The fraction of sp³-hybridized carbons (Fsp3) is 0.773. The summed E-state index contributed by atoms with van der Waals surface area (Å²) >= 11 is 0. The number of aliphatic hydroxyl groups is 1. The monoisotopic (exact) mass is 408 g/mol. The minimum absolute atomic E-state index is 0.0373. The molecule has 0 aromatic heterocycles. The van der Waals surface area contributed by atoms with Gasteiger partial charge in [-0.1, -0.05) is 19.1 Å². The number of aliphatic hydroxyl groups excluding tert-OH is 1. The lowest BCUT2D eigenvalue weighted by Gasteiger charge is -2.33. The number of fused-ring (bicyclic) bond motifs is 1. The van der Waals surface area contributed by atoms with E-state index in [-0.39, 0.29) is 48.9 Å². The molecule has 1 heterocycles. The number of hydrogen-bond donors (Lipinski definition) is 2. The van der Waals surface area contributed by atoms with Gasteiger partial charge in [0, 0.05) is 25.1 Å². The van der Waals surface area contributed by atoms with Gasteiger partial charge in [-0.3, -0.25) is 14.4 Å². The molecule has 1 saturated heterocycles. The van der Waals surface area contributed by atoms with Gasteiger partial charge in [-0.25, -0.2) is 0 Å². The SMILES string of the molecule is CCOC(=O)[C@H]1[C@H]2C(=O)N(CCCCCO)[C@H](C(=O)NC(C)C)[C@H]2C=C[C@H]1CC. The minimum atomic E-state index is -0.616. The van der Waals surface area contributed by atoms with Crippen LogP contribution in [0.2, 0.25) is 0 Å². The molecule has 7 heteroatoms. The number of nitrogens with one attached hydrogen (secondary N) is 1. The zero-order chi connectivity index (χ0) is 21.6. The average molecular weight is 409 g/mol. The van der Waals surface area contributed by atoms with E-state index in [1.54, 1.807) is 11.8 Å². The average Bonchev–Trinajstić information content (AvgIpc) is 2.96. The molecular formula is C22H36N2O5. The quantitative estimate of drug-likeness (QED) is 0.327. The van der Waals surface area contributed by atoms with Crippen molar-refractivity contribution in [3.05, 3.63) is 12.2 Å². The van der Waals surface area contributed by atoms with Crippen molar-refractivity contribution in [3.63, 3.8) is 0 Å². The van der Waals surface area contributed by atoms with Crippen LogP contribution in [-0.2, 0) is 19.1 Å². The standard InChI is InChI=1S/C22H36N2O5/c1-5-15-10-11-16-18(17(15)22(28)29-6-2)21(27)24(12-8-7-9-13-25)19(16)20(26)23-14(3)4/h10-11,14-19,25H,5-9,12-13H2,1-4H3,(H,23,26)/t15-,16+,17-,18+,19+/m1/s1. The smallest absolute Gasteiger partial charge is 0.310 e. The fourth-order valence-electron chi connectivity index (χ4n) is 4.63. The number of allylic oxidation sites excluding steroid dienone is 1. The van der Waals surface area contributed by atoms with E-state index in [1.807, 2.05) is 32.9 Å². The summed E-state index contributed by atoms with van der Waals surface area (Å²) in [5.41, 5.74) is 0. The van der Waals surface area contributed by atoms with Crippen molar-refractivity contribution in [2.24, 2.45) is 23.7 Å². The maximum atomic E-state index is 13.4. The van der Waals surface area contributed by atoms with E-state index >= 15 is 0 Å². The maximum absolute atomic E-state index is 13.4. The molecule has 0 aromatic rings. The Morgan fingerprint density at radius 2 is 1.93 bits per heavy atom. The molecule has 0 aromatic carbocycles. The second-order valence-corrected chi connectivity index (χ2v) is 8.26. The molecular weight excluding hydrogens is 372 g/mol. The molecule has 1 fully saturated rings. The summed E-state index contributed by atoms with van der Waals surface area (Å²) < 4.78 is 5.31. The third-order valence-electron chi connectivity index (χ3n) is 5.90. The Balaban J connectivity index is 2.35. The second-order valence-electron chi connectivity index (χ2n) is 8.26. The maximum Gasteiger partial charge on any atom is 0.310 e. The first kappa shape index (κ1) is 23.4. The van der Waals surface area contributed by atoms with Crippen molar-refractivity contribution >= 4 is 17.8 Å². The zero-order valence-corrected chi connectivity index (χ0v) is 18.1. The first-order chi connectivity index (χ1) is 13.9. The minimum Gasteiger partial charge on any atom is -0.466 e. The van der Waals surface area contributed by atoms with Crippen molar-refractivity contribution in [2.75, 3.05) is 19.8 Å². The van der Waals surface area contributed by atoms with Crippen molar-refractivity contribution in [1.82, 2.24) is 10.2 Å². The summed E-state index contributed by atoms with van der Waals surface area (Å²) in [6.07, 6.45) is 6.84. The van der Waals surface area contributed by atoms with E-state index in [1.165, 1.54) is 0 Å². The Kier molecular flexibility index (Phi) is 8.68. The van der Waals surface area contributed by atoms with Gasteiger partial charge in [-0.2, -0.15) is 0 Å². The molecule has 0 spiro atoms. The van der Waals surface area contributed by atoms with Crippen LogP contribution in [0.25, 0.3) is 0 Å². The lowest BCUT2D eigenvalue weighted by molar-refractivity contribution is -0.155. The molecule has 0 saturated carbocycles. The molecule has 2 amide bonds. The Labute approximate surface area is 173 Å². The highest BCUT2D eigenvalue weighted by molar-refractivity contribution is 5.96. The van der Waals surface area contributed by atoms with Crippen LogP contribution in [0.1, 0.15) is 53.4 Å². The molecule has 5 atom stereocenters. The number of likely N-dealkylation sites (tertiary alicyclic amines) is 1. The number of amides is 2. The fourth-order valence-corrected chi connectivity index (χ4v) is 4.63. The number of carbonyl (C=O) groups excluding carboxylic acids is 3. The number of unbranched alkanes of at least 4 members (excludes halogenated alkanes) is 2. The molecule has 164 valence electrons. The number of ether oxygens (including phenoxy) is 1. The summed E-state index contributed by atoms with van der Waals surface area (Å²) in [6, 6.07) is -0.653. The van der Waals surface area contributed by atoms with E-state index in [4.69, 9.17) is 9.84 Å². The van der Waals surface area contributed by atoms with Crippen LogP contribution >= 0.6 is 0 Å². The summed E-state index contributed by atoms with van der Waals surface area (Å²) in [7, 11) is 0. The van der Waals surface area contributed by atoms with Gasteiger partial charge in [0.05, 0.1) is 18.4 Å². The highest BCUT2D eigenvalue weighted by atomic mass is 16.5. The third kappa shape index (κ3) is 5.18. The molecule has 0 radical (unpaired) electrons. The van der Waals surface area contributed by atoms with E-state index in [0.717, 1.165) is 12.8 Å². The van der Waals surface area contributed by atoms with E-state index in [2.05, 4.69) is 5.32 Å². The highest BCUT2D eigenvalue weighted by Crippen LogP contribution is 2.45. The lowest BCUT2D eigenvalue weighted by Crippen LogP contribution is -2.49. The van der Waals surface area contributed by atoms with Gasteiger partial charge in [-0.15, -0.1) is 0 Å². The van der Waals surface area contributed by atoms with Gasteiger partial charge < -0.3 is 20.1 Å². The molecule has 2 rings (SSSR count). The van der Waals surface area contributed by atoms with Crippen molar-refractivity contribution < 1.29 is 24.2 Å². The highest BCUT2D eigenvalue weighted by Gasteiger charge is 2.57. The zero-order valence-electron chi connectivity index (χ0n) is 18.1. The van der Waals surface area contributed by atoms with Crippen LogP contribution in [0.3, 0.4) is 0 Å². The lowest BCUT2D eigenvalue weighted by atomic mass is 9.69. The summed E-state index contributed by atoms with van der Waals surface area (Å²) in [5.74, 6) is -2.19. The third-order valence-corrected chi connectivity index (χ3v) is 5.90. The van der Waals surface area contributed by atoms with Crippen LogP contribution in [0.4, 0.5) is 0 Å². The van der Waals surface area contributed by atoms with Crippen molar-refractivity contribution in [1.29, 1.82) is 0 Å². The molecule has 0 bridgehead atoms.